The van der Waals surface area contributed by atoms with Gasteiger partial charge in [-0.3, -0.25) is 4.57 Å². The third kappa shape index (κ3) is 1.75. The molecular weight excluding hydrogens is 208 g/mol. The van der Waals surface area contributed by atoms with E-state index >= 15 is 0 Å². The molecule has 0 aliphatic heterocycles. The van der Waals surface area contributed by atoms with Crippen LogP contribution in [0.1, 0.15) is 10.5 Å². The molecule has 0 saturated heterocycles. The van der Waals surface area contributed by atoms with Gasteiger partial charge < -0.3 is 9.84 Å². The van der Waals surface area contributed by atoms with Gasteiger partial charge in [0.15, 0.2) is 5.69 Å². The topological polar surface area (TPSA) is 64.4 Å². The monoisotopic (exact) mass is 218 g/mol. The van der Waals surface area contributed by atoms with Crippen LogP contribution in [-0.2, 0) is 0 Å². The van der Waals surface area contributed by atoms with Crippen LogP contribution in [0.25, 0.3) is 5.69 Å². The molecule has 0 amide bonds. The van der Waals surface area contributed by atoms with E-state index in [2.05, 4.69) is 4.98 Å². The number of carboxylic acid groups (broad SMARTS) is 1. The molecule has 5 nitrogen and oxygen atoms in total. The number of hydrogen-bond acceptors (Lipinski definition) is 3. The van der Waals surface area contributed by atoms with Gasteiger partial charge in [0.25, 0.3) is 0 Å². The molecule has 1 aromatic heterocycles. The Hall–Kier alpha value is -2.30. The molecule has 1 N–H and O–H groups in total. The molecule has 0 atom stereocenters. The smallest absolute Gasteiger partial charge is 0.354 e. The lowest BCUT2D eigenvalue weighted by molar-refractivity contribution is 0.0688. The molecule has 82 valence electrons. The molecule has 0 aliphatic carbocycles. The molecule has 0 aliphatic rings. The fraction of sp³-hybridized carbons (Fsp3) is 0.0909. The third-order valence-electron chi connectivity index (χ3n) is 2.19. The number of imidazole rings is 1. The molecule has 16 heavy (non-hydrogen) atoms. The van der Waals surface area contributed by atoms with Crippen LogP contribution in [0.5, 0.6) is 5.75 Å². The molecule has 5 heteroatoms. The van der Waals surface area contributed by atoms with Crippen LogP contribution in [0, 0.1) is 0 Å². The lowest BCUT2D eigenvalue weighted by Gasteiger charge is -2.06. The number of carbonyl (C=O) groups is 1. The van der Waals surface area contributed by atoms with Crippen molar-refractivity contribution in [3.8, 4) is 11.4 Å². The van der Waals surface area contributed by atoms with Crippen molar-refractivity contribution in [3.05, 3.63) is 42.5 Å². The Kier molecular flexibility index (Phi) is 2.59. The van der Waals surface area contributed by atoms with E-state index in [1.54, 1.807) is 31.4 Å². The minimum Gasteiger partial charge on any atom is -0.497 e. The maximum atomic E-state index is 10.9. The molecule has 2 rings (SSSR count). The summed E-state index contributed by atoms with van der Waals surface area (Å²) in [6, 6.07) is 7.12. The molecule has 1 heterocycles. The van der Waals surface area contributed by atoms with Gasteiger partial charge in [0.05, 0.1) is 25.3 Å². The predicted molar refractivity (Wildman–Crippen MR) is 57.1 cm³/mol. The number of ether oxygens (including phenoxy) is 1. The predicted octanol–water partition coefficient (Wildman–Crippen LogP) is 1.58. The second-order valence-electron chi connectivity index (χ2n) is 3.16. The molecular formula is C11H10N2O3. The van der Waals surface area contributed by atoms with Gasteiger partial charge in [0.1, 0.15) is 5.75 Å². The van der Waals surface area contributed by atoms with Crippen LogP contribution in [0.15, 0.2) is 36.8 Å². The van der Waals surface area contributed by atoms with Gasteiger partial charge in [-0.1, -0.05) is 6.07 Å². The number of aromatic nitrogens is 2. The van der Waals surface area contributed by atoms with Crippen LogP contribution in [-0.4, -0.2) is 27.7 Å². The summed E-state index contributed by atoms with van der Waals surface area (Å²) in [4.78, 5) is 14.7. The molecule has 0 saturated carbocycles. The van der Waals surface area contributed by atoms with E-state index in [1.165, 1.54) is 17.1 Å². The van der Waals surface area contributed by atoms with Crippen molar-refractivity contribution in [3.63, 3.8) is 0 Å². The Morgan fingerprint density at radius 1 is 1.50 bits per heavy atom. The average Bonchev–Trinajstić information content (AvgIpc) is 2.78. The summed E-state index contributed by atoms with van der Waals surface area (Å²) >= 11 is 0. The van der Waals surface area contributed by atoms with Crippen LogP contribution in [0.4, 0.5) is 0 Å². The first kappa shape index (κ1) is 10.2. The van der Waals surface area contributed by atoms with E-state index in [1.807, 2.05) is 0 Å². The highest BCUT2D eigenvalue weighted by Gasteiger charge is 2.11. The van der Waals surface area contributed by atoms with E-state index in [0.29, 0.717) is 11.4 Å². The van der Waals surface area contributed by atoms with Crippen molar-refractivity contribution in [2.24, 2.45) is 0 Å². The molecule has 2 aromatic rings. The van der Waals surface area contributed by atoms with Crippen LogP contribution in [0.3, 0.4) is 0 Å². The molecule has 0 unspecified atom stereocenters. The number of rotatable bonds is 3. The Morgan fingerprint density at radius 3 is 3.00 bits per heavy atom. The first-order valence-corrected chi connectivity index (χ1v) is 4.62. The summed E-state index contributed by atoms with van der Waals surface area (Å²) in [6.45, 7) is 0. The Morgan fingerprint density at radius 2 is 2.31 bits per heavy atom. The van der Waals surface area contributed by atoms with Crippen molar-refractivity contribution in [2.45, 2.75) is 0 Å². The number of hydrogen-bond donors (Lipinski definition) is 1. The van der Waals surface area contributed by atoms with Crippen molar-refractivity contribution < 1.29 is 14.6 Å². The van der Waals surface area contributed by atoms with Gasteiger partial charge >= 0.3 is 5.97 Å². The van der Waals surface area contributed by atoms with Crippen molar-refractivity contribution in [1.82, 2.24) is 9.55 Å². The minimum atomic E-state index is -1.01. The van der Waals surface area contributed by atoms with Gasteiger partial charge in [-0.05, 0) is 12.1 Å². The normalized spacial score (nSPS) is 10.1. The van der Waals surface area contributed by atoms with E-state index in [0.717, 1.165) is 0 Å². The minimum absolute atomic E-state index is 0.119. The first-order chi connectivity index (χ1) is 7.72. The number of carboxylic acids is 1. The molecule has 0 fully saturated rings. The molecule has 0 spiro atoms. The number of benzene rings is 1. The summed E-state index contributed by atoms with van der Waals surface area (Å²) < 4.78 is 6.56. The highest BCUT2D eigenvalue weighted by atomic mass is 16.5. The zero-order valence-corrected chi connectivity index (χ0v) is 8.62. The number of aromatic carboxylic acids is 1. The first-order valence-electron chi connectivity index (χ1n) is 4.62. The largest absolute Gasteiger partial charge is 0.497 e. The zero-order chi connectivity index (χ0) is 11.5. The number of methoxy groups -OCH3 is 1. The summed E-state index contributed by atoms with van der Waals surface area (Å²) in [5.74, 6) is -0.345. The van der Waals surface area contributed by atoms with E-state index < -0.39 is 5.97 Å². The summed E-state index contributed by atoms with van der Waals surface area (Å²) in [7, 11) is 1.56. The fourth-order valence-corrected chi connectivity index (χ4v) is 1.42. The molecule has 0 radical (unpaired) electrons. The standard InChI is InChI=1S/C11H10N2O3/c1-16-9-4-2-3-8(5-9)13-7-12-6-10(13)11(14)15/h2-7H,1H3,(H,14,15). The van der Waals surface area contributed by atoms with Gasteiger partial charge in [-0.15, -0.1) is 0 Å². The Labute approximate surface area is 91.9 Å². The quantitative estimate of drug-likeness (QED) is 0.849. The van der Waals surface area contributed by atoms with Crippen LogP contribution < -0.4 is 4.74 Å². The van der Waals surface area contributed by atoms with Gasteiger partial charge in [0, 0.05) is 6.07 Å². The second kappa shape index (κ2) is 4.06. The van der Waals surface area contributed by atoms with Crippen LogP contribution in [0.2, 0.25) is 0 Å². The van der Waals surface area contributed by atoms with Gasteiger partial charge in [-0.25, -0.2) is 9.78 Å². The van der Waals surface area contributed by atoms with Gasteiger partial charge in [-0.2, -0.15) is 0 Å². The van der Waals surface area contributed by atoms with Crippen molar-refractivity contribution >= 4 is 5.97 Å². The lowest BCUT2D eigenvalue weighted by Crippen LogP contribution is -2.05. The van der Waals surface area contributed by atoms with Crippen molar-refractivity contribution in [1.29, 1.82) is 0 Å². The van der Waals surface area contributed by atoms with E-state index in [4.69, 9.17) is 9.84 Å². The summed E-state index contributed by atoms with van der Waals surface area (Å²) in [5.41, 5.74) is 0.822. The fourth-order valence-electron chi connectivity index (χ4n) is 1.42. The number of nitrogens with zero attached hydrogens (tertiary/aromatic N) is 2. The second-order valence-corrected chi connectivity index (χ2v) is 3.16. The lowest BCUT2D eigenvalue weighted by atomic mass is 10.3. The highest BCUT2D eigenvalue weighted by molar-refractivity contribution is 5.86. The SMILES string of the molecule is COc1cccc(-n2cncc2C(=O)O)c1. The average molecular weight is 218 g/mol. The summed E-state index contributed by atoms with van der Waals surface area (Å²) in [5, 5.41) is 8.95. The Balaban J connectivity index is 2.50. The van der Waals surface area contributed by atoms with E-state index in [-0.39, 0.29) is 5.69 Å². The summed E-state index contributed by atoms with van der Waals surface area (Å²) in [6.07, 6.45) is 2.76. The molecule has 1 aromatic carbocycles. The third-order valence-corrected chi connectivity index (χ3v) is 2.19. The maximum Gasteiger partial charge on any atom is 0.354 e. The zero-order valence-electron chi connectivity index (χ0n) is 8.62. The van der Waals surface area contributed by atoms with E-state index in [9.17, 15) is 4.79 Å². The van der Waals surface area contributed by atoms with Crippen molar-refractivity contribution in [2.75, 3.05) is 7.11 Å². The van der Waals surface area contributed by atoms with Gasteiger partial charge in [0.2, 0.25) is 0 Å². The van der Waals surface area contributed by atoms with Crippen LogP contribution >= 0.6 is 0 Å². The highest BCUT2D eigenvalue weighted by Crippen LogP contribution is 2.17. The maximum absolute atomic E-state index is 10.9. The molecule has 0 bridgehead atoms. The Bertz CT molecular complexity index is 519.